The third-order valence-electron chi connectivity index (χ3n) is 5.88. The van der Waals surface area contributed by atoms with E-state index in [1.54, 1.807) is 31.2 Å². The van der Waals surface area contributed by atoms with E-state index in [1.165, 1.54) is 12.1 Å². The fourth-order valence-corrected chi connectivity index (χ4v) is 5.86. The lowest BCUT2D eigenvalue weighted by Gasteiger charge is -2.18. The van der Waals surface area contributed by atoms with Crippen molar-refractivity contribution in [3.8, 4) is 0 Å². The SMILES string of the molecule is CC(NC(=O)Nc1ccc(S(=O)(=O)Cc2ccc3c(c2)CNC3)cc1C(=O)O)c1cccc(Cl)c1Cl. The summed E-state index contributed by atoms with van der Waals surface area (Å²) in [6.45, 7) is 3.12. The summed E-state index contributed by atoms with van der Waals surface area (Å²) in [5.74, 6) is -1.65. The zero-order valence-electron chi connectivity index (χ0n) is 19.1. The fraction of sp³-hybridized carbons (Fsp3) is 0.200. The van der Waals surface area contributed by atoms with Gasteiger partial charge >= 0.3 is 12.0 Å². The van der Waals surface area contributed by atoms with Crippen LogP contribution >= 0.6 is 23.2 Å². The predicted octanol–water partition coefficient (Wildman–Crippen LogP) is 5.15. The topological polar surface area (TPSA) is 125 Å². The molecule has 3 aromatic carbocycles. The first kappa shape index (κ1) is 26.0. The summed E-state index contributed by atoms with van der Waals surface area (Å²) in [7, 11) is -3.84. The molecule has 188 valence electrons. The minimum absolute atomic E-state index is 0.0491. The van der Waals surface area contributed by atoms with Gasteiger partial charge in [-0.05, 0) is 53.4 Å². The number of anilines is 1. The average molecular weight is 548 g/mol. The van der Waals surface area contributed by atoms with Crippen LogP contribution in [0.25, 0.3) is 0 Å². The number of carboxylic acid groups (broad SMARTS) is 1. The van der Waals surface area contributed by atoms with Crippen LogP contribution in [-0.4, -0.2) is 25.5 Å². The number of carbonyl (C=O) groups excluding carboxylic acids is 1. The molecule has 3 aromatic rings. The Kier molecular flexibility index (Phi) is 7.56. The van der Waals surface area contributed by atoms with Gasteiger partial charge in [-0.2, -0.15) is 0 Å². The van der Waals surface area contributed by atoms with Gasteiger partial charge in [0.05, 0.1) is 38.0 Å². The van der Waals surface area contributed by atoms with Crippen LogP contribution < -0.4 is 16.0 Å². The van der Waals surface area contributed by atoms with E-state index in [4.69, 9.17) is 23.2 Å². The second-order valence-electron chi connectivity index (χ2n) is 8.44. The van der Waals surface area contributed by atoms with Crippen LogP contribution in [0.1, 0.15) is 45.6 Å². The van der Waals surface area contributed by atoms with Crippen molar-refractivity contribution < 1.29 is 23.1 Å². The molecule has 4 N–H and O–H groups in total. The molecule has 0 radical (unpaired) electrons. The number of hydrogen-bond acceptors (Lipinski definition) is 5. The summed E-state index contributed by atoms with van der Waals surface area (Å²) in [5.41, 5.74) is 2.98. The molecule has 1 atom stereocenters. The molecule has 1 aliphatic heterocycles. The number of halogens is 2. The van der Waals surface area contributed by atoms with E-state index >= 15 is 0 Å². The van der Waals surface area contributed by atoms with Crippen LogP contribution in [0.5, 0.6) is 0 Å². The number of carboxylic acids is 1. The molecule has 36 heavy (non-hydrogen) atoms. The maximum atomic E-state index is 13.0. The molecule has 1 heterocycles. The van der Waals surface area contributed by atoms with E-state index in [0.29, 0.717) is 27.7 Å². The van der Waals surface area contributed by atoms with Crippen LogP contribution in [0, 0.1) is 0 Å². The molecule has 0 spiro atoms. The molecule has 0 saturated heterocycles. The van der Waals surface area contributed by atoms with Crippen LogP contribution in [0.3, 0.4) is 0 Å². The number of sulfone groups is 1. The standard InChI is InChI=1S/C25H23Cl2N3O5S/c1-14(19-3-2-4-21(26)23(19)27)29-25(33)30-22-8-7-18(10-20(22)24(31)32)36(34,35)13-15-5-6-16-11-28-12-17(16)9-15/h2-10,14,28H,11-13H2,1H3,(H,31,32)(H2,29,30,33). The Balaban J connectivity index is 1.52. The van der Waals surface area contributed by atoms with Crippen LogP contribution in [0.2, 0.25) is 10.0 Å². The van der Waals surface area contributed by atoms with Crippen molar-refractivity contribution in [1.82, 2.24) is 10.6 Å². The second-order valence-corrected chi connectivity index (χ2v) is 11.2. The number of urea groups is 1. The highest BCUT2D eigenvalue weighted by Crippen LogP contribution is 2.30. The number of nitrogens with one attached hydrogen (secondary N) is 3. The van der Waals surface area contributed by atoms with Crippen LogP contribution in [-0.2, 0) is 28.7 Å². The monoisotopic (exact) mass is 547 g/mol. The Morgan fingerprint density at radius 1 is 1.06 bits per heavy atom. The van der Waals surface area contributed by atoms with Crippen LogP contribution in [0.4, 0.5) is 10.5 Å². The van der Waals surface area contributed by atoms with Gasteiger partial charge in [-0.3, -0.25) is 0 Å². The number of aromatic carboxylic acids is 1. The van der Waals surface area contributed by atoms with Gasteiger partial charge in [0.25, 0.3) is 0 Å². The van der Waals surface area contributed by atoms with Gasteiger partial charge in [0.2, 0.25) is 0 Å². The Morgan fingerprint density at radius 2 is 1.81 bits per heavy atom. The van der Waals surface area contributed by atoms with Crippen molar-refractivity contribution in [2.75, 3.05) is 5.32 Å². The minimum atomic E-state index is -3.84. The highest BCUT2D eigenvalue weighted by Gasteiger charge is 2.22. The fourth-order valence-electron chi connectivity index (χ4n) is 4.03. The van der Waals surface area contributed by atoms with Crippen molar-refractivity contribution in [3.63, 3.8) is 0 Å². The molecular weight excluding hydrogens is 525 g/mol. The lowest BCUT2D eigenvalue weighted by atomic mass is 10.1. The number of amides is 2. The number of hydrogen-bond donors (Lipinski definition) is 4. The smallest absolute Gasteiger partial charge is 0.337 e. The summed E-state index contributed by atoms with van der Waals surface area (Å²) in [6.07, 6.45) is 0. The highest BCUT2D eigenvalue weighted by atomic mass is 35.5. The molecule has 11 heteroatoms. The Labute approximate surface area is 218 Å². The van der Waals surface area contributed by atoms with Gasteiger partial charge in [-0.15, -0.1) is 0 Å². The zero-order valence-corrected chi connectivity index (χ0v) is 21.5. The number of fused-ring (bicyclic) bond motifs is 1. The van der Waals surface area contributed by atoms with Gasteiger partial charge in [0, 0.05) is 13.1 Å². The van der Waals surface area contributed by atoms with Crippen LogP contribution in [0.15, 0.2) is 59.5 Å². The predicted molar refractivity (Wildman–Crippen MR) is 138 cm³/mol. The third-order valence-corrected chi connectivity index (χ3v) is 8.40. The summed E-state index contributed by atoms with van der Waals surface area (Å²) >= 11 is 12.2. The minimum Gasteiger partial charge on any atom is -0.478 e. The summed E-state index contributed by atoms with van der Waals surface area (Å²) in [6, 6.07) is 12.9. The first-order valence-electron chi connectivity index (χ1n) is 11.0. The van der Waals surface area contributed by atoms with Crippen molar-refractivity contribution in [1.29, 1.82) is 0 Å². The van der Waals surface area contributed by atoms with Crippen molar-refractivity contribution in [3.05, 3.63) is 92.5 Å². The molecule has 1 unspecified atom stereocenters. The summed E-state index contributed by atoms with van der Waals surface area (Å²) < 4.78 is 26.1. The maximum Gasteiger partial charge on any atom is 0.337 e. The molecule has 0 saturated carbocycles. The molecular formula is C25H23Cl2N3O5S. The third kappa shape index (κ3) is 5.65. The Hall–Kier alpha value is -3.11. The van der Waals surface area contributed by atoms with E-state index in [-0.39, 0.29) is 21.9 Å². The van der Waals surface area contributed by atoms with Gasteiger partial charge in [0.1, 0.15) is 0 Å². The first-order valence-corrected chi connectivity index (χ1v) is 13.4. The Morgan fingerprint density at radius 3 is 2.56 bits per heavy atom. The highest BCUT2D eigenvalue weighted by molar-refractivity contribution is 7.90. The van der Waals surface area contributed by atoms with E-state index < -0.39 is 27.9 Å². The lowest BCUT2D eigenvalue weighted by molar-refractivity contribution is 0.0697. The number of carbonyl (C=O) groups is 2. The van der Waals surface area contributed by atoms with Crippen molar-refractivity contribution in [2.45, 2.75) is 36.7 Å². The zero-order chi connectivity index (χ0) is 26.0. The van der Waals surface area contributed by atoms with Crippen molar-refractivity contribution >= 4 is 50.7 Å². The molecule has 8 nitrogen and oxygen atoms in total. The molecule has 0 bridgehead atoms. The number of benzene rings is 3. The summed E-state index contributed by atoms with van der Waals surface area (Å²) in [5, 5.41) is 18.7. The number of rotatable bonds is 7. The van der Waals surface area contributed by atoms with Gasteiger partial charge in [-0.1, -0.05) is 53.5 Å². The lowest BCUT2D eigenvalue weighted by Crippen LogP contribution is -2.32. The molecule has 0 aromatic heterocycles. The van der Waals surface area contributed by atoms with Gasteiger partial charge in [-0.25, -0.2) is 18.0 Å². The van der Waals surface area contributed by atoms with Gasteiger partial charge < -0.3 is 21.1 Å². The molecule has 1 aliphatic rings. The van der Waals surface area contributed by atoms with Crippen molar-refractivity contribution in [2.24, 2.45) is 0 Å². The maximum absolute atomic E-state index is 13.0. The molecule has 4 rings (SSSR count). The Bertz CT molecular complexity index is 1460. The molecule has 2 amide bonds. The second kappa shape index (κ2) is 10.5. The van der Waals surface area contributed by atoms with E-state index in [1.807, 2.05) is 12.1 Å². The summed E-state index contributed by atoms with van der Waals surface area (Å²) in [4.78, 5) is 24.3. The van der Waals surface area contributed by atoms with E-state index in [2.05, 4.69) is 16.0 Å². The van der Waals surface area contributed by atoms with Gasteiger partial charge in [0.15, 0.2) is 9.84 Å². The van der Waals surface area contributed by atoms with E-state index in [0.717, 1.165) is 23.7 Å². The average Bonchev–Trinajstić information content (AvgIpc) is 3.28. The largest absolute Gasteiger partial charge is 0.478 e. The first-order chi connectivity index (χ1) is 17.0. The normalized spacial score (nSPS) is 13.6. The quantitative estimate of drug-likeness (QED) is 0.324. The van der Waals surface area contributed by atoms with E-state index in [9.17, 15) is 23.1 Å². The molecule has 0 fully saturated rings. The molecule has 0 aliphatic carbocycles.